The number of carbonyl (C=O) groups is 2. The Labute approximate surface area is 287 Å². The fourth-order valence-electron chi connectivity index (χ4n) is 5.53. The third kappa shape index (κ3) is 7.64. The smallest absolute Gasteiger partial charge is 0.411 e. The van der Waals surface area contributed by atoms with Crippen molar-refractivity contribution in [2.75, 3.05) is 7.11 Å². The highest BCUT2D eigenvalue weighted by Gasteiger charge is 2.54. The third-order valence-electron chi connectivity index (χ3n) is 9.07. The molecule has 4 aromatic carbocycles. The van der Waals surface area contributed by atoms with Crippen LogP contribution in [0.2, 0.25) is 18.1 Å². The summed E-state index contributed by atoms with van der Waals surface area (Å²) in [5, 5.41) is -0.197. The number of cyclic esters (lactones) is 1. The Kier molecular flexibility index (Phi) is 10.6. The van der Waals surface area contributed by atoms with Crippen molar-refractivity contribution < 1.29 is 28.2 Å². The van der Waals surface area contributed by atoms with Crippen LogP contribution in [-0.4, -0.2) is 38.4 Å². The first kappa shape index (κ1) is 34.4. The van der Waals surface area contributed by atoms with Crippen molar-refractivity contribution in [3.63, 3.8) is 0 Å². The van der Waals surface area contributed by atoms with Gasteiger partial charge in [-0.05, 0) is 68.4 Å². The number of hydrogen-bond acceptors (Lipinski definition) is 6. The normalized spacial score (nSPS) is 19.1. The van der Waals surface area contributed by atoms with E-state index in [-0.39, 0.29) is 11.6 Å². The monoisotopic (exact) mass is 715 g/mol. The Hall–Kier alpha value is -3.92. The number of benzene rings is 4. The number of nitrogens with zero attached hydrogens (tertiary/aromatic N) is 1. The van der Waals surface area contributed by atoms with Gasteiger partial charge in [-0.1, -0.05) is 118 Å². The number of rotatable bonds is 9. The lowest BCUT2D eigenvalue weighted by Gasteiger charge is -2.49. The van der Waals surface area contributed by atoms with Gasteiger partial charge >= 0.3 is 12.1 Å². The molecule has 1 saturated heterocycles. The van der Waals surface area contributed by atoms with Crippen LogP contribution in [0.4, 0.5) is 4.79 Å². The zero-order valence-electron chi connectivity index (χ0n) is 27.7. The summed E-state index contributed by atoms with van der Waals surface area (Å²) in [6, 6.07) is 32.4. The lowest BCUT2D eigenvalue weighted by atomic mass is 9.89. The summed E-state index contributed by atoms with van der Waals surface area (Å²) < 4.78 is 25.8. The van der Waals surface area contributed by atoms with Gasteiger partial charge in [0.1, 0.15) is 24.5 Å². The van der Waals surface area contributed by atoms with Gasteiger partial charge in [0, 0.05) is 0 Å². The predicted octanol–water partition coefficient (Wildman–Crippen LogP) is 9.57. The number of hydrogen-bond donors (Lipinski definition) is 0. The van der Waals surface area contributed by atoms with Crippen molar-refractivity contribution in [1.82, 2.24) is 4.90 Å². The molecule has 0 radical (unpaired) electrons. The standard InChI is InChI=1S/C38H42BrNO6Si/c1-38(2,3)47(5,6)46-35(29-22-23-31(43-4)30(39)24-29)33-36(41)45-34(28-20-14-9-15-21-28)32(27-18-12-8-13-19-27)40(33)37(42)44-25-26-16-10-7-11-17-26/h7-24,32-35H,25H2,1-6H3/t32-,33-,34+,35+/m1/s1. The second-order valence-corrected chi connectivity index (χ2v) is 18.8. The highest BCUT2D eigenvalue weighted by molar-refractivity contribution is 9.10. The number of carbonyl (C=O) groups excluding carboxylic acids is 2. The summed E-state index contributed by atoms with van der Waals surface area (Å²) in [5.41, 5.74) is 3.11. The third-order valence-corrected chi connectivity index (χ3v) is 14.2. The number of amides is 1. The highest BCUT2D eigenvalue weighted by Crippen LogP contribution is 2.48. The average molecular weight is 717 g/mol. The summed E-state index contributed by atoms with van der Waals surface area (Å²) in [6.07, 6.45) is -2.30. The maximum absolute atomic E-state index is 14.6. The zero-order valence-corrected chi connectivity index (χ0v) is 30.3. The van der Waals surface area contributed by atoms with Gasteiger partial charge in [-0.15, -0.1) is 0 Å². The summed E-state index contributed by atoms with van der Waals surface area (Å²) in [4.78, 5) is 30.7. The molecule has 0 bridgehead atoms. The van der Waals surface area contributed by atoms with E-state index in [0.29, 0.717) is 15.8 Å². The molecule has 0 aliphatic carbocycles. The fraction of sp³-hybridized carbons (Fsp3) is 0.316. The molecule has 47 heavy (non-hydrogen) atoms. The van der Waals surface area contributed by atoms with Gasteiger partial charge in [-0.25, -0.2) is 9.59 Å². The first-order valence-electron chi connectivity index (χ1n) is 15.7. The molecular weight excluding hydrogens is 674 g/mol. The van der Waals surface area contributed by atoms with Crippen LogP contribution in [0.15, 0.2) is 114 Å². The minimum absolute atomic E-state index is 0.0390. The summed E-state index contributed by atoms with van der Waals surface area (Å²) in [6.45, 7) is 10.7. The highest BCUT2D eigenvalue weighted by atomic mass is 79.9. The van der Waals surface area contributed by atoms with Gasteiger partial charge in [-0.2, -0.15) is 0 Å². The molecule has 5 rings (SSSR count). The Balaban J connectivity index is 1.70. The SMILES string of the molecule is COc1ccc([C@H](O[Si](C)(C)C(C)(C)C)[C@@H]2C(=O)O[C@@H](c3ccccc3)[C@@H](c3ccccc3)N2C(=O)OCc2ccccc2)cc1Br. The Morgan fingerprint density at radius 1 is 0.894 bits per heavy atom. The van der Waals surface area contributed by atoms with Crippen LogP contribution in [0.25, 0.3) is 0 Å². The maximum Gasteiger partial charge on any atom is 0.411 e. The van der Waals surface area contributed by atoms with E-state index in [4.69, 9.17) is 18.6 Å². The largest absolute Gasteiger partial charge is 0.496 e. The minimum Gasteiger partial charge on any atom is -0.496 e. The van der Waals surface area contributed by atoms with Crippen LogP contribution < -0.4 is 4.74 Å². The molecule has 0 unspecified atom stereocenters. The molecule has 4 atom stereocenters. The second kappa shape index (κ2) is 14.5. The van der Waals surface area contributed by atoms with Crippen LogP contribution in [0.1, 0.15) is 61.3 Å². The molecule has 9 heteroatoms. The van der Waals surface area contributed by atoms with Crippen LogP contribution in [0, 0.1) is 0 Å². The molecule has 1 aliphatic rings. The van der Waals surface area contributed by atoms with E-state index in [9.17, 15) is 9.59 Å². The molecule has 4 aromatic rings. The Bertz CT molecular complexity index is 1660. The lowest BCUT2D eigenvalue weighted by Crippen LogP contribution is -2.58. The predicted molar refractivity (Wildman–Crippen MR) is 188 cm³/mol. The molecule has 1 aliphatic heterocycles. The molecular formula is C38H42BrNO6Si. The quantitative estimate of drug-likeness (QED) is 0.127. The molecule has 0 spiro atoms. The summed E-state index contributed by atoms with van der Waals surface area (Å²) in [7, 11) is -0.957. The number of methoxy groups -OCH3 is 1. The van der Waals surface area contributed by atoms with Gasteiger partial charge in [0.05, 0.1) is 11.6 Å². The van der Waals surface area contributed by atoms with Gasteiger partial charge in [-0.3, -0.25) is 4.90 Å². The fourth-order valence-corrected chi connectivity index (χ4v) is 7.34. The van der Waals surface area contributed by atoms with Gasteiger partial charge in [0.2, 0.25) is 0 Å². The maximum atomic E-state index is 14.6. The van der Waals surface area contributed by atoms with Crippen molar-refractivity contribution in [2.45, 2.75) is 69.8 Å². The number of morpholine rings is 1. The topological polar surface area (TPSA) is 74.3 Å². The molecule has 7 nitrogen and oxygen atoms in total. The summed E-state index contributed by atoms with van der Waals surface area (Å²) in [5.74, 6) is 0.0647. The Morgan fingerprint density at radius 2 is 1.47 bits per heavy atom. The van der Waals surface area contributed by atoms with Crippen LogP contribution in [0.5, 0.6) is 5.75 Å². The molecule has 0 aromatic heterocycles. The van der Waals surface area contributed by atoms with E-state index in [1.807, 2.05) is 109 Å². The molecule has 1 heterocycles. The zero-order chi connectivity index (χ0) is 33.8. The van der Waals surface area contributed by atoms with E-state index >= 15 is 0 Å². The number of ether oxygens (including phenoxy) is 3. The van der Waals surface area contributed by atoms with Crippen molar-refractivity contribution in [1.29, 1.82) is 0 Å². The molecule has 246 valence electrons. The van der Waals surface area contributed by atoms with Crippen molar-refractivity contribution in [3.05, 3.63) is 136 Å². The van der Waals surface area contributed by atoms with Gasteiger partial charge < -0.3 is 18.6 Å². The van der Waals surface area contributed by atoms with Crippen molar-refractivity contribution in [3.8, 4) is 5.75 Å². The van der Waals surface area contributed by atoms with E-state index in [2.05, 4.69) is 49.8 Å². The number of halogens is 1. The summed E-state index contributed by atoms with van der Waals surface area (Å²) >= 11 is 3.63. The number of esters is 1. The Morgan fingerprint density at radius 3 is 2.02 bits per heavy atom. The van der Waals surface area contributed by atoms with Crippen LogP contribution in [-0.2, 0) is 25.3 Å². The molecule has 1 amide bonds. The van der Waals surface area contributed by atoms with Gasteiger partial charge in [0.15, 0.2) is 20.5 Å². The van der Waals surface area contributed by atoms with Crippen molar-refractivity contribution >= 4 is 36.3 Å². The second-order valence-electron chi connectivity index (χ2n) is 13.2. The van der Waals surface area contributed by atoms with E-state index in [1.165, 1.54) is 0 Å². The first-order chi connectivity index (χ1) is 22.4. The average Bonchev–Trinajstić information content (AvgIpc) is 3.06. The van der Waals surface area contributed by atoms with E-state index in [1.54, 1.807) is 12.0 Å². The lowest BCUT2D eigenvalue weighted by molar-refractivity contribution is -0.180. The van der Waals surface area contributed by atoms with Gasteiger partial charge in [0.25, 0.3) is 0 Å². The van der Waals surface area contributed by atoms with Crippen LogP contribution >= 0.6 is 15.9 Å². The van der Waals surface area contributed by atoms with Crippen molar-refractivity contribution in [2.24, 2.45) is 0 Å². The minimum atomic E-state index is -2.55. The molecule has 1 fully saturated rings. The first-order valence-corrected chi connectivity index (χ1v) is 19.4. The van der Waals surface area contributed by atoms with E-state index in [0.717, 1.165) is 16.7 Å². The van der Waals surface area contributed by atoms with Crippen LogP contribution in [0.3, 0.4) is 0 Å². The molecule has 0 N–H and O–H groups in total. The van der Waals surface area contributed by atoms with E-state index < -0.39 is 44.7 Å². The molecule has 0 saturated carbocycles.